The van der Waals surface area contributed by atoms with Crippen LogP contribution in [0, 0.1) is 20.2 Å². The quantitative estimate of drug-likeness (QED) is 0.0113. The molecule has 1 spiro atoms. The van der Waals surface area contributed by atoms with E-state index in [2.05, 4.69) is 18.4 Å². The van der Waals surface area contributed by atoms with Gasteiger partial charge in [0.15, 0.2) is 28.6 Å². The minimum absolute atomic E-state index is 0.0792. The molecule has 0 saturated heterocycles. The number of nitrogens with zero attached hydrogens (tertiary/aromatic N) is 4. The third kappa shape index (κ3) is 17.7. The lowest BCUT2D eigenvalue weighted by Gasteiger charge is -2.46. The van der Waals surface area contributed by atoms with Crippen molar-refractivity contribution in [3.8, 4) is 23.0 Å². The van der Waals surface area contributed by atoms with Gasteiger partial charge in [0.25, 0.3) is 17.3 Å². The van der Waals surface area contributed by atoms with Gasteiger partial charge in [0.05, 0.1) is 184 Å². The summed E-state index contributed by atoms with van der Waals surface area (Å²) in [6, 6.07) is 17.9. The Bertz CT molecular complexity index is 3580. The summed E-state index contributed by atoms with van der Waals surface area (Å²) < 4.78 is 84.0. The van der Waals surface area contributed by atoms with Crippen LogP contribution < -0.4 is 50.2 Å². The van der Waals surface area contributed by atoms with E-state index in [1.54, 1.807) is 12.1 Å². The number of methoxy groups -OCH3 is 4. The van der Waals surface area contributed by atoms with Crippen LogP contribution in [0.2, 0.25) is 13.1 Å². The first-order valence-corrected chi connectivity index (χ1v) is 35.5. The van der Waals surface area contributed by atoms with E-state index >= 15 is 0 Å². The van der Waals surface area contributed by atoms with Crippen molar-refractivity contribution >= 4 is 71.2 Å². The highest BCUT2D eigenvalue weighted by Gasteiger charge is 2.57. The van der Waals surface area contributed by atoms with Crippen molar-refractivity contribution in [2.24, 2.45) is 5.73 Å². The van der Waals surface area contributed by atoms with Gasteiger partial charge in [-0.25, -0.2) is 14.4 Å². The van der Waals surface area contributed by atoms with Crippen LogP contribution >= 0.6 is 0 Å². The first-order chi connectivity index (χ1) is 47.9. The second kappa shape index (κ2) is 35.1. The van der Waals surface area contributed by atoms with Crippen LogP contribution in [0.15, 0.2) is 66.7 Å². The van der Waals surface area contributed by atoms with Crippen molar-refractivity contribution in [2.45, 2.75) is 64.0 Å². The summed E-state index contributed by atoms with van der Waals surface area (Å²) in [4.78, 5) is 94.4. The van der Waals surface area contributed by atoms with Crippen LogP contribution in [-0.4, -0.2) is 202 Å². The van der Waals surface area contributed by atoms with E-state index in [9.17, 15) is 44.2 Å². The van der Waals surface area contributed by atoms with Gasteiger partial charge in [-0.05, 0) is 95.7 Å². The van der Waals surface area contributed by atoms with E-state index in [0.717, 1.165) is 21.5 Å². The van der Waals surface area contributed by atoms with Crippen molar-refractivity contribution < 1.29 is 105 Å². The molecule has 534 valence electrons. The third-order valence-electron chi connectivity index (χ3n) is 17.2. The SMILES string of the molecule is COc1cc(COC(=O)N2CCCc3cc4c(cc32)[Si](C)(C)c2cc3c(cc2C42OC(=O)c4cc(C(=O)NCCOCCOCCOCCOCCOCCOCCOCCOCCC(N)=O)ccc42)CCCN3C(=O)OCc2cc(OC)c(OC)cc2[N+](=O)[O-])c([N+](=O)[O-])cc1OC. The molecular formula is C68H84N6O24Si. The van der Waals surface area contributed by atoms with Crippen LogP contribution in [0.3, 0.4) is 0 Å². The van der Waals surface area contributed by atoms with Gasteiger partial charge in [0.1, 0.15) is 21.3 Å². The van der Waals surface area contributed by atoms with Crippen molar-refractivity contribution in [1.29, 1.82) is 0 Å². The second-order valence-corrected chi connectivity index (χ2v) is 28.0. The summed E-state index contributed by atoms with van der Waals surface area (Å²) in [6.07, 6.45) is 0.738. The molecule has 0 radical (unpaired) electrons. The van der Waals surface area contributed by atoms with Gasteiger partial charge in [0, 0.05) is 48.3 Å². The van der Waals surface area contributed by atoms with Crippen LogP contribution in [0.25, 0.3) is 0 Å². The summed E-state index contributed by atoms with van der Waals surface area (Å²) >= 11 is 0. The zero-order valence-corrected chi connectivity index (χ0v) is 57.4. The van der Waals surface area contributed by atoms with Gasteiger partial charge < -0.3 is 82.1 Å². The maximum Gasteiger partial charge on any atom is 0.414 e. The number of fused-ring (bicyclic) bond motifs is 8. The van der Waals surface area contributed by atoms with Crippen molar-refractivity contribution in [2.75, 3.05) is 164 Å². The zero-order valence-electron chi connectivity index (χ0n) is 56.4. The number of nitrogens with one attached hydrogen (secondary N) is 1. The number of carbonyl (C=O) groups excluding carboxylic acids is 5. The monoisotopic (exact) mass is 1400 g/mol. The molecule has 3 N–H and O–H groups in total. The van der Waals surface area contributed by atoms with E-state index in [4.69, 9.17) is 76.8 Å². The van der Waals surface area contributed by atoms with Crippen molar-refractivity contribution in [1.82, 2.24) is 5.32 Å². The fourth-order valence-corrected chi connectivity index (χ4v) is 15.5. The Hall–Kier alpha value is -9.05. The van der Waals surface area contributed by atoms with Gasteiger partial charge in [0.2, 0.25) is 5.91 Å². The number of hydrogen-bond donors (Lipinski definition) is 2. The third-order valence-corrected chi connectivity index (χ3v) is 20.8. The number of nitro groups is 2. The maximum absolute atomic E-state index is 14.7. The molecule has 99 heavy (non-hydrogen) atoms. The first-order valence-electron chi connectivity index (χ1n) is 32.5. The fourth-order valence-electron chi connectivity index (χ4n) is 12.3. The molecule has 4 heterocycles. The lowest BCUT2D eigenvalue weighted by Crippen LogP contribution is -2.64. The molecule has 4 aliphatic rings. The summed E-state index contributed by atoms with van der Waals surface area (Å²) in [5.41, 5.74) is 7.71. The van der Waals surface area contributed by atoms with Gasteiger partial charge in [-0.1, -0.05) is 19.2 Å². The molecule has 0 aromatic heterocycles. The highest BCUT2D eigenvalue weighted by molar-refractivity contribution is 7.01. The van der Waals surface area contributed by atoms with Crippen molar-refractivity contribution in [3.05, 3.63) is 137 Å². The molecule has 31 heteroatoms. The molecule has 0 unspecified atom stereocenters. The number of nitro benzene ring substituents is 2. The molecule has 5 aromatic rings. The number of amides is 4. The van der Waals surface area contributed by atoms with E-state index in [0.29, 0.717) is 140 Å². The predicted molar refractivity (Wildman–Crippen MR) is 358 cm³/mol. The second-order valence-electron chi connectivity index (χ2n) is 23.7. The molecule has 0 bridgehead atoms. The number of hydrogen-bond acceptors (Lipinski definition) is 24. The van der Waals surface area contributed by atoms with E-state index in [1.807, 2.05) is 24.3 Å². The molecular weight excluding hydrogens is 1310 g/mol. The Labute approximate surface area is 572 Å². The molecule has 0 fully saturated rings. The fraction of sp³-hybridized carbons (Fsp3) is 0.485. The Kier molecular flexibility index (Phi) is 26.3. The van der Waals surface area contributed by atoms with Crippen molar-refractivity contribution in [3.63, 3.8) is 0 Å². The number of primary amides is 1. The van der Waals surface area contributed by atoms with E-state index in [1.165, 1.54) is 68.6 Å². The molecule has 0 saturated carbocycles. The minimum atomic E-state index is -3.08. The molecule has 30 nitrogen and oxygen atoms in total. The number of ether oxygens (including phenoxy) is 15. The van der Waals surface area contributed by atoms with Gasteiger partial charge >= 0.3 is 18.2 Å². The Morgan fingerprint density at radius 3 is 1.33 bits per heavy atom. The van der Waals surface area contributed by atoms with Crippen LogP contribution in [0.1, 0.15) is 78.9 Å². The highest BCUT2D eigenvalue weighted by atomic mass is 28.3. The highest BCUT2D eigenvalue weighted by Crippen LogP contribution is 2.52. The number of rotatable bonds is 38. The Morgan fingerprint density at radius 2 is 0.939 bits per heavy atom. The topological polar surface area (TPSA) is 355 Å². The summed E-state index contributed by atoms with van der Waals surface area (Å²) in [7, 11) is 2.41. The largest absolute Gasteiger partial charge is 0.493 e. The molecule has 9 rings (SSSR count). The standard InChI is InChI=1S/C68H84N6O24Si/c1-84-57-36-47(55(73(80)81)38-59(57)86-3)42-96-66(78)71-15-7-9-44-34-51-61(40-53(44)71)99(5,6)62-41-54-45(10-8-16-72(54)67(79)97-43-48-37-58(85-2)60(87-4)39-56(48)74(82)83)35-52(62)68(51)50-12-11-46(33-49(50)65(77)98-68)64(76)70-14-18-89-20-22-91-24-26-93-28-30-95-32-31-94-29-27-92-25-23-90-21-19-88-17-13-63(69)75/h11-12,33-41H,7-10,13-32,42-43H2,1-6H3,(H2,69,75)(H,70,76). The van der Waals surface area contributed by atoms with Crippen LogP contribution in [0.4, 0.5) is 32.3 Å². The van der Waals surface area contributed by atoms with Gasteiger partial charge in [-0.2, -0.15) is 0 Å². The average molecular weight is 1400 g/mol. The van der Waals surface area contributed by atoms with Crippen LogP contribution in [-0.2, 0) is 88.6 Å². The lowest BCUT2D eigenvalue weighted by molar-refractivity contribution is -0.386. The Balaban J connectivity index is 0.847. The van der Waals surface area contributed by atoms with E-state index < -0.39 is 66.7 Å². The maximum atomic E-state index is 14.7. The van der Waals surface area contributed by atoms with Gasteiger partial charge in [-0.3, -0.25) is 39.6 Å². The predicted octanol–water partition coefficient (Wildman–Crippen LogP) is 6.05. The molecule has 0 aliphatic carbocycles. The molecule has 4 aliphatic heterocycles. The molecule has 0 atom stereocenters. The zero-order chi connectivity index (χ0) is 70.6. The number of aryl methyl sites for hydroxylation is 2. The number of benzene rings is 5. The first kappa shape index (κ1) is 74.2. The smallest absolute Gasteiger partial charge is 0.414 e. The van der Waals surface area contributed by atoms with Crippen LogP contribution in [0.5, 0.6) is 23.0 Å². The summed E-state index contributed by atoms with van der Waals surface area (Å²) in [5.74, 6) is -0.869. The summed E-state index contributed by atoms with van der Waals surface area (Å²) in [5, 5.41) is 28.9. The number of carbonyl (C=O) groups is 5. The Morgan fingerprint density at radius 1 is 0.545 bits per heavy atom. The number of nitrogens with two attached hydrogens (primary N) is 1. The normalized spacial score (nSPS) is 14.4. The number of esters is 1. The number of anilines is 2. The average Bonchev–Trinajstić information content (AvgIpc) is 1.65. The summed E-state index contributed by atoms with van der Waals surface area (Å²) in [6.45, 7) is 9.72. The van der Waals surface area contributed by atoms with Gasteiger partial charge in [-0.15, -0.1) is 0 Å². The molecule has 4 amide bonds. The van der Waals surface area contributed by atoms with E-state index in [-0.39, 0.29) is 103 Å². The minimum Gasteiger partial charge on any atom is -0.493 e. The lowest BCUT2D eigenvalue weighted by atomic mass is 9.77. The molecule has 5 aromatic carbocycles.